The molecule has 0 saturated carbocycles. The van der Waals surface area contributed by atoms with Gasteiger partial charge in [0.05, 0.1) is 5.41 Å². The van der Waals surface area contributed by atoms with Crippen LogP contribution in [0.25, 0.3) is 0 Å². The molecule has 4 heteroatoms. The molecule has 0 aliphatic heterocycles. The molecule has 21 heavy (non-hydrogen) atoms. The second-order valence-corrected chi connectivity index (χ2v) is 5.79. The number of benzene rings is 1. The van der Waals surface area contributed by atoms with Gasteiger partial charge < -0.3 is 10.4 Å². The Kier molecular flexibility index (Phi) is 5.53. The highest BCUT2D eigenvalue weighted by atomic mass is 16.4. The Balaban J connectivity index is 2.95. The summed E-state index contributed by atoms with van der Waals surface area (Å²) in [7, 11) is 0. The van der Waals surface area contributed by atoms with Crippen LogP contribution in [-0.4, -0.2) is 17.0 Å². The van der Waals surface area contributed by atoms with Gasteiger partial charge >= 0.3 is 5.97 Å². The summed E-state index contributed by atoms with van der Waals surface area (Å²) in [6, 6.07) is 4.01. The molecule has 0 aliphatic carbocycles. The van der Waals surface area contributed by atoms with E-state index in [9.17, 15) is 14.7 Å². The summed E-state index contributed by atoms with van der Waals surface area (Å²) >= 11 is 0. The molecule has 2 N–H and O–H groups in total. The molecule has 4 nitrogen and oxygen atoms in total. The van der Waals surface area contributed by atoms with E-state index in [-0.39, 0.29) is 12.3 Å². The first-order valence-corrected chi connectivity index (χ1v) is 7.36. The Morgan fingerprint density at radius 3 is 1.95 bits per heavy atom. The number of carboxylic acid groups (broad SMARTS) is 1. The number of hydrogen-bond acceptors (Lipinski definition) is 2. The first-order chi connectivity index (χ1) is 9.75. The zero-order valence-electron chi connectivity index (χ0n) is 13.5. The molecule has 0 aromatic heterocycles. The van der Waals surface area contributed by atoms with Gasteiger partial charge in [-0.3, -0.25) is 9.59 Å². The summed E-state index contributed by atoms with van der Waals surface area (Å²) in [6.45, 7) is 9.52. The fourth-order valence-electron chi connectivity index (χ4n) is 2.75. The number of hydrogen-bond donors (Lipinski definition) is 2. The van der Waals surface area contributed by atoms with E-state index in [1.54, 1.807) is 0 Å². The fourth-order valence-corrected chi connectivity index (χ4v) is 2.75. The number of amides is 1. The number of anilines is 1. The van der Waals surface area contributed by atoms with E-state index in [0.29, 0.717) is 12.8 Å². The van der Waals surface area contributed by atoms with E-state index < -0.39 is 11.4 Å². The van der Waals surface area contributed by atoms with Crippen molar-refractivity contribution >= 4 is 17.6 Å². The van der Waals surface area contributed by atoms with Gasteiger partial charge in [0.2, 0.25) is 5.91 Å². The maximum absolute atomic E-state index is 12.3. The third-order valence-corrected chi connectivity index (χ3v) is 4.25. The lowest BCUT2D eigenvalue weighted by atomic mass is 9.79. The highest BCUT2D eigenvalue weighted by molar-refractivity contribution is 5.95. The maximum atomic E-state index is 12.3. The Hall–Kier alpha value is -1.84. The van der Waals surface area contributed by atoms with Crippen molar-refractivity contribution < 1.29 is 14.7 Å². The first kappa shape index (κ1) is 17.2. The molecule has 0 atom stereocenters. The molecule has 1 aromatic carbocycles. The summed E-state index contributed by atoms with van der Waals surface area (Å²) in [4.78, 5) is 23.7. The summed E-state index contributed by atoms with van der Waals surface area (Å²) in [5, 5.41) is 12.3. The number of rotatable bonds is 6. The van der Waals surface area contributed by atoms with Gasteiger partial charge in [-0.2, -0.15) is 0 Å². The molecule has 0 aliphatic rings. The van der Waals surface area contributed by atoms with Crippen LogP contribution in [0, 0.1) is 26.2 Å². The van der Waals surface area contributed by atoms with E-state index in [2.05, 4.69) is 5.32 Å². The van der Waals surface area contributed by atoms with Crippen molar-refractivity contribution in [1.82, 2.24) is 0 Å². The first-order valence-electron chi connectivity index (χ1n) is 7.36. The summed E-state index contributed by atoms with van der Waals surface area (Å²) in [5.74, 6) is -1.14. The van der Waals surface area contributed by atoms with Crippen molar-refractivity contribution in [3.63, 3.8) is 0 Å². The van der Waals surface area contributed by atoms with Crippen LogP contribution in [0.4, 0.5) is 5.69 Å². The number of carbonyl (C=O) groups is 2. The predicted octanol–water partition coefficient (Wildman–Crippen LogP) is 3.83. The number of carbonyl (C=O) groups excluding carboxylic acids is 1. The standard InChI is InChI=1S/C17H25NO3/c1-6-17(7-2,16(20)21)10-14(19)18-15-12(4)8-11(3)9-13(15)5/h8-9H,6-7,10H2,1-5H3,(H,18,19)(H,20,21). The van der Waals surface area contributed by atoms with Crippen molar-refractivity contribution in [2.45, 2.75) is 53.9 Å². The lowest BCUT2D eigenvalue weighted by molar-refractivity contribution is -0.151. The third kappa shape index (κ3) is 3.84. The van der Waals surface area contributed by atoms with E-state index in [0.717, 1.165) is 22.4 Å². The number of aliphatic carboxylic acids is 1. The van der Waals surface area contributed by atoms with Gasteiger partial charge in [-0.15, -0.1) is 0 Å². The molecule has 116 valence electrons. The van der Waals surface area contributed by atoms with Gasteiger partial charge in [0.15, 0.2) is 0 Å². The molecule has 1 amide bonds. The average Bonchev–Trinajstić information content (AvgIpc) is 2.40. The average molecular weight is 291 g/mol. The molecule has 0 unspecified atom stereocenters. The molecule has 0 fully saturated rings. The second-order valence-electron chi connectivity index (χ2n) is 5.79. The van der Waals surface area contributed by atoms with E-state index in [4.69, 9.17) is 0 Å². The van der Waals surface area contributed by atoms with Crippen molar-refractivity contribution in [1.29, 1.82) is 0 Å². The van der Waals surface area contributed by atoms with Crippen LogP contribution in [0.15, 0.2) is 12.1 Å². The van der Waals surface area contributed by atoms with Crippen LogP contribution >= 0.6 is 0 Å². The molecule has 0 saturated heterocycles. The van der Waals surface area contributed by atoms with Gasteiger partial charge in [-0.1, -0.05) is 31.5 Å². The van der Waals surface area contributed by atoms with Gasteiger partial charge in [0.1, 0.15) is 0 Å². The number of aryl methyl sites for hydroxylation is 3. The molecule has 1 rings (SSSR count). The molecule has 0 bridgehead atoms. The number of carboxylic acids is 1. The van der Waals surface area contributed by atoms with E-state index in [1.807, 2.05) is 46.8 Å². The van der Waals surface area contributed by atoms with Crippen LogP contribution in [0.2, 0.25) is 0 Å². The van der Waals surface area contributed by atoms with Gasteiger partial charge in [0.25, 0.3) is 0 Å². The van der Waals surface area contributed by atoms with Gasteiger partial charge in [0, 0.05) is 12.1 Å². The highest BCUT2D eigenvalue weighted by Gasteiger charge is 2.37. The Bertz CT molecular complexity index is 522. The Morgan fingerprint density at radius 2 is 1.57 bits per heavy atom. The van der Waals surface area contributed by atoms with E-state index in [1.165, 1.54) is 0 Å². The minimum Gasteiger partial charge on any atom is -0.481 e. The van der Waals surface area contributed by atoms with Crippen molar-refractivity contribution in [2.75, 3.05) is 5.32 Å². The predicted molar refractivity (Wildman–Crippen MR) is 84.6 cm³/mol. The highest BCUT2D eigenvalue weighted by Crippen LogP contribution is 2.32. The van der Waals surface area contributed by atoms with Crippen LogP contribution in [0.3, 0.4) is 0 Å². The summed E-state index contributed by atoms with van der Waals surface area (Å²) in [6.07, 6.45) is 0.887. The normalized spacial score (nSPS) is 11.3. The fraction of sp³-hybridized carbons (Fsp3) is 0.529. The van der Waals surface area contributed by atoms with Crippen molar-refractivity contribution in [2.24, 2.45) is 5.41 Å². The SMILES string of the molecule is CCC(CC)(CC(=O)Nc1c(C)cc(C)cc1C)C(=O)O. The zero-order valence-corrected chi connectivity index (χ0v) is 13.5. The molecule has 1 aromatic rings. The van der Waals surface area contributed by atoms with Crippen molar-refractivity contribution in [3.8, 4) is 0 Å². The molecule has 0 spiro atoms. The smallest absolute Gasteiger partial charge is 0.310 e. The quantitative estimate of drug-likeness (QED) is 0.837. The second kappa shape index (κ2) is 6.74. The Labute approximate surface area is 126 Å². The molecule has 0 radical (unpaired) electrons. The molecule has 0 heterocycles. The monoisotopic (exact) mass is 291 g/mol. The lowest BCUT2D eigenvalue weighted by Gasteiger charge is -2.26. The van der Waals surface area contributed by atoms with Crippen molar-refractivity contribution in [3.05, 3.63) is 28.8 Å². The topological polar surface area (TPSA) is 66.4 Å². The Morgan fingerprint density at radius 1 is 1.10 bits per heavy atom. The third-order valence-electron chi connectivity index (χ3n) is 4.25. The minimum absolute atomic E-state index is 0.00207. The maximum Gasteiger partial charge on any atom is 0.310 e. The van der Waals surface area contributed by atoms with Gasteiger partial charge in [-0.25, -0.2) is 0 Å². The molecular weight excluding hydrogens is 266 g/mol. The lowest BCUT2D eigenvalue weighted by Crippen LogP contribution is -2.34. The van der Waals surface area contributed by atoms with E-state index >= 15 is 0 Å². The van der Waals surface area contributed by atoms with Crippen LogP contribution < -0.4 is 5.32 Å². The summed E-state index contributed by atoms with van der Waals surface area (Å²) in [5.41, 5.74) is 2.95. The van der Waals surface area contributed by atoms with Crippen LogP contribution in [-0.2, 0) is 9.59 Å². The zero-order chi connectivity index (χ0) is 16.2. The van der Waals surface area contributed by atoms with Gasteiger partial charge in [-0.05, 0) is 44.7 Å². The number of nitrogens with one attached hydrogen (secondary N) is 1. The minimum atomic E-state index is -0.976. The van der Waals surface area contributed by atoms with Crippen LogP contribution in [0.5, 0.6) is 0 Å². The molecular formula is C17H25NO3. The van der Waals surface area contributed by atoms with Crippen LogP contribution in [0.1, 0.15) is 49.8 Å². The largest absolute Gasteiger partial charge is 0.481 e. The summed E-state index contributed by atoms with van der Waals surface area (Å²) < 4.78 is 0.